The van der Waals surface area contributed by atoms with E-state index in [-0.39, 0.29) is 23.5 Å². The average molecular weight is 347 g/mol. The number of nitrogens with one attached hydrogen (secondary N) is 2. The highest BCUT2D eigenvalue weighted by atomic mass is 16.5. The van der Waals surface area contributed by atoms with Crippen molar-refractivity contribution in [2.24, 2.45) is 7.05 Å². The second kappa shape index (κ2) is 7.84. The normalized spacial score (nSPS) is 17.3. The molecule has 1 fully saturated rings. The van der Waals surface area contributed by atoms with E-state index < -0.39 is 0 Å². The molecule has 2 N–H and O–H groups in total. The molecule has 2 aromatic rings. The summed E-state index contributed by atoms with van der Waals surface area (Å²) in [5.41, 5.74) is -0.202. The topological polar surface area (TPSA) is 102 Å². The first-order valence-corrected chi connectivity index (χ1v) is 8.06. The SMILES string of the molecule is Cn1ccnc(NC[C@@H]2CN(C(=O)NCc3ccco3)CCO2)c1=O. The van der Waals surface area contributed by atoms with Gasteiger partial charge in [-0.2, -0.15) is 0 Å². The summed E-state index contributed by atoms with van der Waals surface area (Å²) in [6, 6.07) is 3.41. The third-order valence-corrected chi connectivity index (χ3v) is 3.93. The van der Waals surface area contributed by atoms with Crippen LogP contribution in [-0.4, -0.2) is 52.8 Å². The molecule has 9 nitrogen and oxygen atoms in total. The zero-order valence-corrected chi connectivity index (χ0v) is 14.0. The largest absolute Gasteiger partial charge is 0.467 e. The van der Waals surface area contributed by atoms with Gasteiger partial charge in [0.1, 0.15) is 5.76 Å². The molecule has 0 saturated carbocycles. The lowest BCUT2D eigenvalue weighted by atomic mass is 10.2. The van der Waals surface area contributed by atoms with Crippen molar-refractivity contribution in [1.82, 2.24) is 19.8 Å². The molecule has 1 aliphatic rings. The van der Waals surface area contributed by atoms with Crippen molar-refractivity contribution < 1.29 is 13.9 Å². The minimum atomic E-state index is -0.213. The predicted molar refractivity (Wildman–Crippen MR) is 90.2 cm³/mol. The van der Waals surface area contributed by atoms with Crippen LogP contribution in [0.4, 0.5) is 10.6 Å². The van der Waals surface area contributed by atoms with Crippen molar-refractivity contribution in [2.75, 3.05) is 31.6 Å². The van der Waals surface area contributed by atoms with Crippen LogP contribution >= 0.6 is 0 Å². The van der Waals surface area contributed by atoms with Gasteiger partial charge in [-0.1, -0.05) is 0 Å². The summed E-state index contributed by atoms with van der Waals surface area (Å²) in [5.74, 6) is 0.971. The number of carbonyl (C=O) groups is 1. The van der Waals surface area contributed by atoms with Gasteiger partial charge in [-0.15, -0.1) is 0 Å². The zero-order chi connectivity index (χ0) is 17.6. The Hall–Kier alpha value is -2.81. The first-order chi connectivity index (χ1) is 12.1. The fourth-order valence-corrected chi connectivity index (χ4v) is 2.54. The summed E-state index contributed by atoms with van der Waals surface area (Å²) < 4.78 is 12.3. The van der Waals surface area contributed by atoms with Gasteiger partial charge in [0, 0.05) is 32.5 Å². The van der Waals surface area contributed by atoms with Gasteiger partial charge in [-0.25, -0.2) is 9.78 Å². The highest BCUT2D eigenvalue weighted by Crippen LogP contribution is 2.07. The highest BCUT2D eigenvalue weighted by Gasteiger charge is 2.24. The van der Waals surface area contributed by atoms with Crippen molar-refractivity contribution in [3.63, 3.8) is 0 Å². The second-order valence-corrected chi connectivity index (χ2v) is 5.75. The summed E-state index contributed by atoms with van der Waals surface area (Å²) in [5, 5.41) is 5.81. The lowest BCUT2D eigenvalue weighted by molar-refractivity contribution is -0.00662. The van der Waals surface area contributed by atoms with E-state index in [1.54, 1.807) is 42.7 Å². The molecule has 0 unspecified atom stereocenters. The molecule has 0 spiro atoms. The average Bonchev–Trinajstić information content (AvgIpc) is 3.15. The van der Waals surface area contributed by atoms with Crippen LogP contribution in [0.15, 0.2) is 40.0 Å². The van der Waals surface area contributed by atoms with Gasteiger partial charge in [0.2, 0.25) is 0 Å². The maximum absolute atomic E-state index is 12.2. The van der Waals surface area contributed by atoms with Crippen molar-refractivity contribution in [2.45, 2.75) is 12.6 Å². The standard InChI is InChI=1S/C16H21N5O4/c1-20-5-4-17-14(15(20)22)18-10-13-11-21(6-8-25-13)16(23)19-9-12-3-2-7-24-12/h2-5,7,13H,6,8-11H2,1H3,(H,17,18)(H,19,23)/t13-/m1/s1. The third kappa shape index (κ3) is 4.38. The van der Waals surface area contributed by atoms with E-state index in [2.05, 4.69) is 15.6 Å². The third-order valence-electron chi connectivity index (χ3n) is 3.93. The highest BCUT2D eigenvalue weighted by molar-refractivity contribution is 5.74. The second-order valence-electron chi connectivity index (χ2n) is 5.75. The van der Waals surface area contributed by atoms with Crippen molar-refractivity contribution >= 4 is 11.8 Å². The summed E-state index contributed by atoms with van der Waals surface area (Å²) in [6.07, 6.45) is 4.50. The van der Waals surface area contributed by atoms with Gasteiger partial charge in [0.15, 0.2) is 5.82 Å². The molecule has 1 atom stereocenters. The number of aryl methyl sites for hydroxylation is 1. The number of hydrogen-bond donors (Lipinski definition) is 2. The lowest BCUT2D eigenvalue weighted by Crippen LogP contribution is -2.51. The Labute approximate surface area is 144 Å². The van der Waals surface area contributed by atoms with Crippen LogP contribution in [0.5, 0.6) is 0 Å². The molecule has 134 valence electrons. The molecule has 0 bridgehead atoms. The molecule has 0 radical (unpaired) electrons. The Morgan fingerprint density at radius 1 is 1.48 bits per heavy atom. The number of nitrogens with zero attached hydrogens (tertiary/aromatic N) is 3. The predicted octanol–water partition coefficient (Wildman–Crippen LogP) is 0.396. The minimum absolute atomic E-state index is 0.168. The van der Waals surface area contributed by atoms with Crippen LogP contribution in [-0.2, 0) is 18.3 Å². The number of urea groups is 1. The summed E-state index contributed by atoms with van der Waals surface area (Å²) in [7, 11) is 1.66. The van der Waals surface area contributed by atoms with Gasteiger partial charge in [-0.05, 0) is 12.1 Å². The first-order valence-electron chi connectivity index (χ1n) is 8.06. The molecule has 1 saturated heterocycles. The number of amides is 2. The Balaban J connectivity index is 1.49. The fraction of sp³-hybridized carbons (Fsp3) is 0.438. The molecule has 2 aromatic heterocycles. The molecule has 3 heterocycles. The van der Waals surface area contributed by atoms with Crippen LogP contribution in [0.2, 0.25) is 0 Å². The molecule has 0 aliphatic carbocycles. The quantitative estimate of drug-likeness (QED) is 0.812. The molecule has 3 rings (SSSR count). The molecule has 25 heavy (non-hydrogen) atoms. The molecule has 0 aromatic carbocycles. The van der Waals surface area contributed by atoms with E-state index in [1.165, 1.54) is 4.57 Å². The fourth-order valence-electron chi connectivity index (χ4n) is 2.54. The van der Waals surface area contributed by atoms with Gasteiger partial charge in [0.05, 0.1) is 32.1 Å². The van der Waals surface area contributed by atoms with Crippen LogP contribution in [0, 0.1) is 0 Å². The maximum Gasteiger partial charge on any atom is 0.317 e. The molecule has 9 heteroatoms. The summed E-state index contributed by atoms with van der Waals surface area (Å²) >= 11 is 0. The van der Waals surface area contributed by atoms with E-state index in [4.69, 9.17) is 9.15 Å². The van der Waals surface area contributed by atoms with Crippen LogP contribution < -0.4 is 16.2 Å². The number of hydrogen-bond acceptors (Lipinski definition) is 6. The van der Waals surface area contributed by atoms with Crippen LogP contribution in [0.1, 0.15) is 5.76 Å². The Bertz CT molecular complexity index is 758. The van der Waals surface area contributed by atoms with E-state index >= 15 is 0 Å². The number of rotatable bonds is 5. The van der Waals surface area contributed by atoms with Crippen molar-refractivity contribution in [3.05, 3.63) is 46.9 Å². The zero-order valence-electron chi connectivity index (χ0n) is 14.0. The van der Waals surface area contributed by atoms with Crippen LogP contribution in [0.25, 0.3) is 0 Å². The lowest BCUT2D eigenvalue weighted by Gasteiger charge is -2.33. The van der Waals surface area contributed by atoms with Crippen molar-refractivity contribution in [1.29, 1.82) is 0 Å². The number of ether oxygens (including phenoxy) is 1. The van der Waals surface area contributed by atoms with E-state index in [9.17, 15) is 9.59 Å². The number of morpholine rings is 1. The van der Waals surface area contributed by atoms with Gasteiger partial charge in [-0.3, -0.25) is 4.79 Å². The minimum Gasteiger partial charge on any atom is -0.467 e. The molecular weight excluding hydrogens is 326 g/mol. The Morgan fingerprint density at radius 3 is 3.16 bits per heavy atom. The number of aromatic nitrogens is 2. The number of carbonyl (C=O) groups excluding carboxylic acids is 1. The molecule has 2 amide bonds. The maximum atomic E-state index is 12.2. The van der Waals surface area contributed by atoms with Crippen molar-refractivity contribution in [3.8, 4) is 0 Å². The molecular formula is C16H21N5O4. The smallest absolute Gasteiger partial charge is 0.317 e. The van der Waals surface area contributed by atoms with Gasteiger partial charge in [0.25, 0.3) is 5.56 Å². The van der Waals surface area contributed by atoms with E-state index in [0.717, 1.165) is 0 Å². The summed E-state index contributed by atoms with van der Waals surface area (Å²) in [6.45, 7) is 2.14. The Morgan fingerprint density at radius 2 is 2.36 bits per heavy atom. The number of anilines is 1. The number of furan rings is 1. The van der Waals surface area contributed by atoms with E-state index in [1.807, 2.05) is 0 Å². The van der Waals surface area contributed by atoms with Gasteiger partial charge >= 0.3 is 6.03 Å². The first kappa shape index (κ1) is 17.0. The van der Waals surface area contributed by atoms with E-state index in [0.29, 0.717) is 38.5 Å². The molecule has 1 aliphatic heterocycles. The van der Waals surface area contributed by atoms with Gasteiger partial charge < -0.3 is 29.3 Å². The summed E-state index contributed by atoms with van der Waals surface area (Å²) in [4.78, 5) is 29.9. The Kier molecular flexibility index (Phi) is 5.34. The monoisotopic (exact) mass is 347 g/mol. The van der Waals surface area contributed by atoms with Crippen LogP contribution in [0.3, 0.4) is 0 Å².